The zero-order valence-corrected chi connectivity index (χ0v) is 13.5. The number of cyclic esters (lactones) is 1. The molecule has 1 unspecified atom stereocenters. The largest absolute Gasteiger partial charge is 0.442 e. The van der Waals surface area contributed by atoms with Crippen LogP contribution < -0.4 is 10.6 Å². The molecular formula is C15H23N5O3. The lowest BCUT2D eigenvalue weighted by Gasteiger charge is -2.13. The molecule has 0 bridgehead atoms. The first-order chi connectivity index (χ1) is 11.0. The second-order valence-electron chi connectivity index (χ2n) is 6.52. The van der Waals surface area contributed by atoms with Gasteiger partial charge in [0.1, 0.15) is 11.9 Å². The van der Waals surface area contributed by atoms with Gasteiger partial charge in [0.25, 0.3) is 0 Å². The van der Waals surface area contributed by atoms with E-state index < -0.39 is 0 Å². The SMILES string of the molecule is CC(C)Cn1nccc1NC(=O)NCC1CN(C2CC2)C(=O)O1. The van der Waals surface area contributed by atoms with Gasteiger partial charge in [-0.1, -0.05) is 13.8 Å². The number of carbonyl (C=O) groups is 2. The summed E-state index contributed by atoms with van der Waals surface area (Å²) in [4.78, 5) is 25.4. The van der Waals surface area contributed by atoms with Gasteiger partial charge in [-0.25, -0.2) is 14.3 Å². The molecule has 0 spiro atoms. The maximum absolute atomic E-state index is 12.0. The normalized spacial score (nSPS) is 20.7. The van der Waals surface area contributed by atoms with E-state index in [-0.39, 0.29) is 18.2 Å². The van der Waals surface area contributed by atoms with Crippen LogP contribution in [0.4, 0.5) is 15.4 Å². The number of anilines is 1. The Morgan fingerprint density at radius 3 is 2.96 bits per heavy atom. The van der Waals surface area contributed by atoms with Crippen LogP contribution in [0.1, 0.15) is 26.7 Å². The molecule has 1 aliphatic carbocycles. The second-order valence-corrected chi connectivity index (χ2v) is 6.52. The fourth-order valence-electron chi connectivity index (χ4n) is 2.63. The zero-order valence-electron chi connectivity index (χ0n) is 13.5. The Morgan fingerprint density at radius 2 is 2.26 bits per heavy atom. The predicted octanol–water partition coefficient (Wildman–Crippen LogP) is 1.64. The van der Waals surface area contributed by atoms with E-state index in [1.807, 2.05) is 0 Å². The van der Waals surface area contributed by atoms with Crippen molar-refractivity contribution in [2.45, 2.75) is 45.4 Å². The lowest BCUT2D eigenvalue weighted by Crippen LogP contribution is -2.37. The molecular weight excluding hydrogens is 298 g/mol. The van der Waals surface area contributed by atoms with E-state index in [1.54, 1.807) is 21.8 Å². The molecule has 0 aromatic carbocycles. The Hall–Kier alpha value is -2.25. The molecule has 1 saturated carbocycles. The maximum atomic E-state index is 12.0. The van der Waals surface area contributed by atoms with E-state index in [0.717, 1.165) is 19.4 Å². The summed E-state index contributed by atoms with van der Waals surface area (Å²) in [5.74, 6) is 1.09. The number of urea groups is 1. The molecule has 3 amide bonds. The molecule has 8 nitrogen and oxygen atoms in total. The molecule has 1 aliphatic heterocycles. The number of amides is 3. The minimum Gasteiger partial charge on any atom is -0.442 e. The highest BCUT2D eigenvalue weighted by molar-refractivity contribution is 5.88. The van der Waals surface area contributed by atoms with Crippen molar-refractivity contribution in [1.29, 1.82) is 0 Å². The highest BCUT2D eigenvalue weighted by atomic mass is 16.6. The lowest BCUT2D eigenvalue weighted by molar-refractivity contribution is 0.131. The summed E-state index contributed by atoms with van der Waals surface area (Å²) in [6.07, 6.45) is 3.21. The number of hydrogen-bond donors (Lipinski definition) is 2. The number of carbonyl (C=O) groups excluding carboxylic acids is 2. The Labute approximate surface area is 135 Å². The Balaban J connectivity index is 1.45. The highest BCUT2D eigenvalue weighted by Gasteiger charge is 2.40. The average Bonchev–Trinajstić information content (AvgIpc) is 3.14. The van der Waals surface area contributed by atoms with Gasteiger partial charge < -0.3 is 15.0 Å². The number of nitrogens with zero attached hydrogens (tertiary/aromatic N) is 3. The summed E-state index contributed by atoms with van der Waals surface area (Å²) in [6, 6.07) is 1.77. The number of ether oxygens (including phenoxy) is 1. The molecule has 1 aromatic heterocycles. The topological polar surface area (TPSA) is 88.5 Å². The third-order valence-electron chi connectivity index (χ3n) is 3.88. The molecule has 1 aromatic rings. The molecule has 3 rings (SSSR count). The van der Waals surface area contributed by atoms with E-state index in [1.165, 1.54) is 0 Å². The van der Waals surface area contributed by atoms with Crippen molar-refractivity contribution in [2.24, 2.45) is 5.92 Å². The maximum Gasteiger partial charge on any atom is 0.410 e. The van der Waals surface area contributed by atoms with E-state index in [2.05, 4.69) is 29.6 Å². The van der Waals surface area contributed by atoms with Crippen LogP contribution in [-0.4, -0.2) is 52.0 Å². The van der Waals surface area contributed by atoms with E-state index >= 15 is 0 Å². The van der Waals surface area contributed by atoms with Crippen molar-refractivity contribution in [3.05, 3.63) is 12.3 Å². The third-order valence-corrected chi connectivity index (χ3v) is 3.88. The summed E-state index contributed by atoms with van der Waals surface area (Å²) < 4.78 is 7.02. The smallest absolute Gasteiger partial charge is 0.410 e. The average molecular weight is 321 g/mol. The fraction of sp³-hybridized carbons (Fsp3) is 0.667. The molecule has 2 heterocycles. The van der Waals surface area contributed by atoms with E-state index in [0.29, 0.717) is 30.9 Å². The summed E-state index contributed by atoms with van der Waals surface area (Å²) in [7, 11) is 0. The molecule has 2 N–H and O–H groups in total. The number of nitrogens with one attached hydrogen (secondary N) is 2. The Bertz CT molecular complexity index is 581. The summed E-state index contributed by atoms with van der Waals surface area (Å²) in [5, 5.41) is 9.71. The lowest BCUT2D eigenvalue weighted by atomic mass is 10.2. The van der Waals surface area contributed by atoms with Gasteiger partial charge >= 0.3 is 12.1 Å². The van der Waals surface area contributed by atoms with E-state index in [4.69, 9.17) is 4.74 Å². The van der Waals surface area contributed by atoms with Gasteiger partial charge in [0.05, 0.1) is 19.3 Å². The van der Waals surface area contributed by atoms with Crippen LogP contribution >= 0.6 is 0 Å². The third kappa shape index (κ3) is 3.94. The quantitative estimate of drug-likeness (QED) is 0.834. The number of hydrogen-bond acceptors (Lipinski definition) is 4. The van der Waals surface area contributed by atoms with Crippen LogP contribution in [0, 0.1) is 5.92 Å². The van der Waals surface area contributed by atoms with Crippen LogP contribution in [0.5, 0.6) is 0 Å². The summed E-state index contributed by atoms with van der Waals surface area (Å²) in [5.41, 5.74) is 0. The highest BCUT2D eigenvalue weighted by Crippen LogP contribution is 2.30. The first kappa shape index (κ1) is 15.6. The van der Waals surface area contributed by atoms with Gasteiger partial charge in [-0.05, 0) is 18.8 Å². The van der Waals surface area contributed by atoms with Crippen LogP contribution in [0.2, 0.25) is 0 Å². The molecule has 126 valence electrons. The second kappa shape index (κ2) is 6.47. The standard InChI is InChI=1S/C15H23N5O3/c1-10(2)8-20-13(5-6-17-20)18-14(21)16-7-12-9-19(11-3-4-11)15(22)23-12/h5-6,10-12H,3-4,7-9H2,1-2H3,(H2,16,18,21). The predicted molar refractivity (Wildman–Crippen MR) is 84.1 cm³/mol. The molecule has 2 fully saturated rings. The van der Waals surface area contributed by atoms with Crippen LogP contribution in [0.15, 0.2) is 12.3 Å². The van der Waals surface area contributed by atoms with Crippen molar-refractivity contribution in [3.63, 3.8) is 0 Å². The monoisotopic (exact) mass is 321 g/mol. The minimum absolute atomic E-state index is 0.269. The van der Waals surface area contributed by atoms with Crippen molar-refractivity contribution < 1.29 is 14.3 Å². The molecule has 2 aliphatic rings. The number of rotatable bonds is 6. The zero-order chi connectivity index (χ0) is 16.4. The van der Waals surface area contributed by atoms with Crippen LogP contribution in [0.25, 0.3) is 0 Å². The van der Waals surface area contributed by atoms with Gasteiger partial charge in [0.15, 0.2) is 0 Å². The fourth-order valence-corrected chi connectivity index (χ4v) is 2.63. The van der Waals surface area contributed by atoms with Crippen molar-refractivity contribution in [1.82, 2.24) is 20.0 Å². The van der Waals surface area contributed by atoms with E-state index in [9.17, 15) is 9.59 Å². The first-order valence-corrected chi connectivity index (χ1v) is 8.07. The molecule has 1 saturated heterocycles. The molecule has 8 heteroatoms. The van der Waals surface area contributed by atoms with Crippen molar-refractivity contribution in [3.8, 4) is 0 Å². The first-order valence-electron chi connectivity index (χ1n) is 8.07. The van der Waals surface area contributed by atoms with Crippen molar-refractivity contribution in [2.75, 3.05) is 18.4 Å². The molecule has 1 atom stereocenters. The van der Waals surface area contributed by atoms with Crippen molar-refractivity contribution >= 4 is 17.9 Å². The van der Waals surface area contributed by atoms with Gasteiger partial charge in [-0.15, -0.1) is 0 Å². The van der Waals surface area contributed by atoms with Gasteiger partial charge in [0, 0.05) is 18.7 Å². The minimum atomic E-state index is -0.323. The van der Waals surface area contributed by atoms with Crippen LogP contribution in [0.3, 0.4) is 0 Å². The van der Waals surface area contributed by atoms with Crippen LogP contribution in [-0.2, 0) is 11.3 Å². The molecule has 0 radical (unpaired) electrons. The van der Waals surface area contributed by atoms with Gasteiger partial charge in [-0.3, -0.25) is 5.32 Å². The summed E-state index contributed by atoms with van der Waals surface area (Å²) >= 11 is 0. The number of aromatic nitrogens is 2. The van der Waals surface area contributed by atoms with Gasteiger partial charge in [0.2, 0.25) is 0 Å². The Kier molecular flexibility index (Phi) is 4.40. The summed E-state index contributed by atoms with van der Waals surface area (Å²) in [6.45, 7) is 5.77. The molecule has 23 heavy (non-hydrogen) atoms. The Morgan fingerprint density at radius 1 is 1.48 bits per heavy atom. The van der Waals surface area contributed by atoms with Gasteiger partial charge in [-0.2, -0.15) is 5.10 Å².